The van der Waals surface area contributed by atoms with Crippen LogP contribution in [0.4, 0.5) is 0 Å². The van der Waals surface area contributed by atoms with Gasteiger partial charge in [0.05, 0.1) is 0 Å². The highest BCUT2D eigenvalue weighted by atomic mass is 16.6. The Morgan fingerprint density at radius 1 is 1.00 bits per heavy atom. The summed E-state index contributed by atoms with van der Waals surface area (Å²) in [6, 6.07) is 2.53. The Bertz CT molecular complexity index is 741. The molecule has 2 N–H and O–H groups in total. The summed E-state index contributed by atoms with van der Waals surface area (Å²) < 4.78 is 11.1. The first-order chi connectivity index (χ1) is 12.4. The first-order valence-corrected chi connectivity index (χ1v) is 8.62. The lowest BCUT2D eigenvalue weighted by atomic mass is 9.94. The van der Waals surface area contributed by atoms with Crippen molar-refractivity contribution < 1.29 is 23.9 Å². The fraction of sp³-hybridized carbons (Fsp3) is 0.500. The zero-order chi connectivity index (χ0) is 18.8. The summed E-state index contributed by atoms with van der Waals surface area (Å²) in [5.74, 6) is 0.287. The van der Waals surface area contributed by atoms with Gasteiger partial charge in [-0.3, -0.25) is 19.3 Å². The van der Waals surface area contributed by atoms with Crippen LogP contribution in [-0.4, -0.2) is 66.8 Å². The number of piperazine rings is 1. The minimum absolute atomic E-state index is 0.00373. The number of nitrogens with zero attached hydrogens (tertiary/aromatic N) is 2. The number of rotatable bonds is 4. The fourth-order valence-corrected chi connectivity index (χ4v) is 3.46. The van der Waals surface area contributed by atoms with Crippen LogP contribution in [0.15, 0.2) is 12.1 Å². The molecule has 2 heterocycles. The van der Waals surface area contributed by atoms with Gasteiger partial charge in [-0.15, -0.1) is 0 Å². The second-order valence-electron chi connectivity index (χ2n) is 6.49. The van der Waals surface area contributed by atoms with Gasteiger partial charge in [0, 0.05) is 38.7 Å². The van der Waals surface area contributed by atoms with Crippen molar-refractivity contribution >= 4 is 17.6 Å². The molecule has 140 valence electrons. The lowest BCUT2D eigenvalue weighted by Crippen LogP contribution is -2.51. The number of ether oxygens (including phenoxy) is 2. The lowest BCUT2D eigenvalue weighted by Gasteiger charge is -2.38. The maximum atomic E-state index is 12.3. The molecule has 3 rings (SSSR count). The third-order valence-electron chi connectivity index (χ3n) is 4.78. The van der Waals surface area contributed by atoms with Crippen molar-refractivity contribution in [3.8, 4) is 11.5 Å². The first-order valence-electron chi connectivity index (χ1n) is 8.62. The smallest absolute Gasteiger partial charge is 0.239 e. The Morgan fingerprint density at radius 2 is 1.58 bits per heavy atom. The van der Waals surface area contributed by atoms with Gasteiger partial charge in [0.15, 0.2) is 17.3 Å². The highest BCUT2D eigenvalue weighted by Gasteiger charge is 2.33. The number of hydrogen-bond donors (Lipinski definition) is 1. The average molecular weight is 361 g/mol. The highest BCUT2D eigenvalue weighted by molar-refractivity contribution is 5.98. The predicted octanol–water partition coefficient (Wildman–Crippen LogP) is 0.351. The molecule has 8 heteroatoms. The Morgan fingerprint density at radius 3 is 2.08 bits per heavy atom. The molecule has 1 atom stereocenters. The van der Waals surface area contributed by atoms with Crippen molar-refractivity contribution in [1.29, 1.82) is 0 Å². The van der Waals surface area contributed by atoms with E-state index in [2.05, 4.69) is 0 Å². The Balaban J connectivity index is 1.96. The van der Waals surface area contributed by atoms with E-state index in [9.17, 15) is 14.4 Å². The van der Waals surface area contributed by atoms with Crippen LogP contribution in [0.25, 0.3) is 0 Å². The molecule has 2 amide bonds. The number of ketones is 1. The summed E-state index contributed by atoms with van der Waals surface area (Å²) in [5.41, 5.74) is 6.61. The largest absolute Gasteiger partial charge is 0.486 e. The van der Waals surface area contributed by atoms with E-state index in [1.54, 1.807) is 17.0 Å². The molecule has 0 spiro atoms. The van der Waals surface area contributed by atoms with Gasteiger partial charge in [-0.2, -0.15) is 0 Å². The molecule has 1 unspecified atom stereocenters. The summed E-state index contributed by atoms with van der Waals surface area (Å²) in [5, 5.41) is 0. The minimum atomic E-state index is -0.765. The van der Waals surface area contributed by atoms with Crippen molar-refractivity contribution in [3.63, 3.8) is 0 Å². The minimum Gasteiger partial charge on any atom is -0.486 e. The van der Waals surface area contributed by atoms with Gasteiger partial charge in [0.25, 0.3) is 0 Å². The van der Waals surface area contributed by atoms with Crippen LogP contribution < -0.4 is 15.2 Å². The van der Waals surface area contributed by atoms with E-state index in [1.165, 1.54) is 13.8 Å². The number of amides is 2. The molecule has 0 aliphatic carbocycles. The Labute approximate surface area is 151 Å². The molecule has 0 bridgehead atoms. The molecule has 0 saturated carbocycles. The van der Waals surface area contributed by atoms with Crippen LogP contribution in [0.1, 0.15) is 35.8 Å². The maximum Gasteiger partial charge on any atom is 0.239 e. The van der Waals surface area contributed by atoms with Crippen LogP contribution >= 0.6 is 0 Å². The summed E-state index contributed by atoms with van der Waals surface area (Å²) in [6.45, 7) is 5.81. The zero-order valence-electron chi connectivity index (χ0n) is 15.0. The summed E-state index contributed by atoms with van der Waals surface area (Å²) in [7, 11) is 0. The fourth-order valence-electron chi connectivity index (χ4n) is 3.46. The van der Waals surface area contributed by atoms with E-state index >= 15 is 0 Å². The summed E-state index contributed by atoms with van der Waals surface area (Å²) >= 11 is 0. The summed E-state index contributed by atoms with van der Waals surface area (Å²) in [6.07, 6.45) is 0. The van der Waals surface area contributed by atoms with Gasteiger partial charge < -0.3 is 20.1 Å². The third-order valence-corrected chi connectivity index (χ3v) is 4.78. The predicted molar refractivity (Wildman–Crippen MR) is 93.2 cm³/mol. The number of carbonyl (C=O) groups is 3. The van der Waals surface area contributed by atoms with E-state index in [-0.39, 0.29) is 11.7 Å². The second kappa shape index (κ2) is 7.33. The van der Waals surface area contributed by atoms with E-state index in [1.807, 2.05) is 4.90 Å². The van der Waals surface area contributed by atoms with Crippen LogP contribution in [0.5, 0.6) is 11.5 Å². The van der Waals surface area contributed by atoms with Crippen LogP contribution in [0, 0.1) is 0 Å². The van der Waals surface area contributed by atoms with Gasteiger partial charge in [-0.1, -0.05) is 0 Å². The molecule has 8 nitrogen and oxygen atoms in total. The monoisotopic (exact) mass is 361 g/mol. The van der Waals surface area contributed by atoms with E-state index in [0.717, 1.165) is 0 Å². The van der Waals surface area contributed by atoms with Crippen molar-refractivity contribution in [2.45, 2.75) is 19.9 Å². The van der Waals surface area contributed by atoms with Gasteiger partial charge in [0.1, 0.15) is 19.3 Å². The first kappa shape index (κ1) is 18.2. The molecule has 1 fully saturated rings. The van der Waals surface area contributed by atoms with Crippen molar-refractivity contribution in [2.75, 3.05) is 39.4 Å². The highest BCUT2D eigenvalue weighted by Crippen LogP contribution is 2.37. The van der Waals surface area contributed by atoms with Crippen molar-refractivity contribution in [1.82, 2.24) is 9.80 Å². The Kier molecular flexibility index (Phi) is 5.13. The van der Waals surface area contributed by atoms with Gasteiger partial charge in [-0.05, 0) is 24.6 Å². The molecular weight excluding hydrogens is 338 g/mol. The number of Topliss-reactive ketones (excluding diaryl/α,β-unsaturated/α-hetero) is 1. The zero-order valence-corrected chi connectivity index (χ0v) is 15.0. The van der Waals surface area contributed by atoms with Crippen molar-refractivity contribution in [2.24, 2.45) is 5.73 Å². The normalized spacial score (nSPS) is 18.3. The molecule has 2 aliphatic rings. The standard InChI is InChI=1S/C18H23N3O5/c1-11(22)13-9-15-16(26-8-7-25-15)10-14(13)17(18(19)24)21-5-3-20(4-6-21)12(2)23/h9-10,17H,3-8H2,1-2H3,(H2,19,24). The number of benzene rings is 1. The molecule has 0 aromatic heterocycles. The number of hydrogen-bond acceptors (Lipinski definition) is 6. The molecule has 1 aromatic rings. The van der Waals surface area contributed by atoms with Crippen molar-refractivity contribution in [3.05, 3.63) is 23.3 Å². The SMILES string of the molecule is CC(=O)c1cc2c(cc1C(C(N)=O)N1CCN(C(C)=O)CC1)OCCO2. The number of fused-ring (bicyclic) bond motifs is 1. The molecular formula is C18H23N3O5. The molecule has 2 aliphatic heterocycles. The molecule has 26 heavy (non-hydrogen) atoms. The molecule has 0 radical (unpaired) electrons. The van der Waals surface area contributed by atoms with Crippen LogP contribution in [0.2, 0.25) is 0 Å². The van der Waals surface area contributed by atoms with E-state index in [0.29, 0.717) is 62.0 Å². The van der Waals surface area contributed by atoms with Gasteiger partial charge in [0.2, 0.25) is 11.8 Å². The number of primary amides is 1. The number of nitrogens with two attached hydrogens (primary N) is 1. The van der Waals surface area contributed by atoms with Crippen LogP contribution in [-0.2, 0) is 9.59 Å². The van der Waals surface area contributed by atoms with E-state index < -0.39 is 11.9 Å². The third kappa shape index (κ3) is 3.50. The average Bonchev–Trinajstić information content (AvgIpc) is 2.61. The Hall–Kier alpha value is -2.61. The summed E-state index contributed by atoms with van der Waals surface area (Å²) in [4.78, 5) is 39.6. The van der Waals surface area contributed by atoms with Gasteiger partial charge in [-0.25, -0.2) is 0 Å². The second-order valence-corrected chi connectivity index (χ2v) is 6.49. The topological polar surface area (TPSA) is 102 Å². The quantitative estimate of drug-likeness (QED) is 0.777. The lowest BCUT2D eigenvalue weighted by molar-refractivity contribution is -0.131. The van der Waals surface area contributed by atoms with Gasteiger partial charge >= 0.3 is 0 Å². The van der Waals surface area contributed by atoms with E-state index in [4.69, 9.17) is 15.2 Å². The molecule has 1 aromatic carbocycles. The number of carbonyl (C=O) groups excluding carboxylic acids is 3. The van der Waals surface area contributed by atoms with Crippen LogP contribution in [0.3, 0.4) is 0 Å². The maximum absolute atomic E-state index is 12.3. The molecule has 1 saturated heterocycles.